The Morgan fingerprint density at radius 1 is 1.07 bits per heavy atom. The Kier molecular flexibility index (Phi) is 10.8. The number of carboxylic acid groups (broad SMARTS) is 1. The predicted octanol–water partition coefficient (Wildman–Crippen LogP) is 2.69. The number of benzene rings is 2. The number of rotatable bonds is 10. The van der Waals surface area contributed by atoms with Gasteiger partial charge in [-0.3, -0.25) is 9.59 Å². The van der Waals surface area contributed by atoms with Gasteiger partial charge in [0.1, 0.15) is 6.04 Å². The Morgan fingerprint density at radius 3 is 2.39 bits per heavy atom. The second kappa shape index (κ2) is 12.9. The first-order valence-electron chi connectivity index (χ1n) is 9.92. The van der Waals surface area contributed by atoms with Crippen LogP contribution in [0.15, 0.2) is 42.5 Å². The van der Waals surface area contributed by atoms with Crippen LogP contribution in [0.1, 0.15) is 38.7 Å². The van der Waals surface area contributed by atoms with E-state index in [-0.39, 0.29) is 5.91 Å². The van der Waals surface area contributed by atoms with Gasteiger partial charge in [0, 0.05) is 6.54 Å². The van der Waals surface area contributed by atoms with Crippen LogP contribution in [0.25, 0.3) is 10.8 Å². The summed E-state index contributed by atoms with van der Waals surface area (Å²) >= 11 is 0. The van der Waals surface area contributed by atoms with Crippen molar-refractivity contribution in [3.63, 3.8) is 0 Å². The Hall–Kier alpha value is -2.44. The molecule has 0 aromatic heterocycles. The Bertz CT molecular complexity index is 749. The summed E-state index contributed by atoms with van der Waals surface area (Å²) < 4.78 is 0. The predicted molar refractivity (Wildman–Crippen MR) is 114 cm³/mol. The quantitative estimate of drug-likeness (QED) is 0.469. The highest BCUT2D eigenvalue weighted by atomic mass is 16.4. The van der Waals surface area contributed by atoms with Crippen molar-refractivity contribution >= 4 is 22.6 Å². The number of carboxylic acids is 1. The third-order valence-electron chi connectivity index (χ3n) is 4.47. The molecule has 0 saturated carbocycles. The minimum Gasteiger partial charge on any atom is -0.480 e. The number of likely N-dealkylation sites (N-methyl/N-ethyl adjacent to an activating group) is 1. The van der Waals surface area contributed by atoms with Crippen molar-refractivity contribution in [3.05, 3.63) is 48.0 Å². The SMILES string of the molecule is CC.CNC(CCCCNC(=O)C(N)Cc1ccc2ccccc2c1)C(=O)O. The van der Waals surface area contributed by atoms with Gasteiger partial charge in [-0.1, -0.05) is 56.3 Å². The van der Waals surface area contributed by atoms with Crippen LogP contribution in [-0.4, -0.2) is 42.7 Å². The minimum absolute atomic E-state index is 0.179. The lowest BCUT2D eigenvalue weighted by Gasteiger charge is -2.14. The Labute approximate surface area is 167 Å². The van der Waals surface area contributed by atoms with Gasteiger partial charge in [0.2, 0.25) is 5.91 Å². The largest absolute Gasteiger partial charge is 0.480 e. The molecule has 0 aliphatic rings. The molecule has 0 aliphatic carbocycles. The first-order chi connectivity index (χ1) is 13.5. The fourth-order valence-corrected chi connectivity index (χ4v) is 2.92. The molecule has 6 heteroatoms. The maximum atomic E-state index is 12.1. The van der Waals surface area contributed by atoms with E-state index >= 15 is 0 Å². The van der Waals surface area contributed by atoms with Crippen molar-refractivity contribution < 1.29 is 14.7 Å². The van der Waals surface area contributed by atoms with E-state index in [0.717, 1.165) is 29.2 Å². The van der Waals surface area contributed by atoms with Gasteiger partial charge >= 0.3 is 5.97 Å². The first kappa shape index (κ1) is 23.6. The van der Waals surface area contributed by atoms with Crippen LogP contribution in [0.3, 0.4) is 0 Å². The van der Waals surface area contributed by atoms with Crippen LogP contribution in [-0.2, 0) is 16.0 Å². The summed E-state index contributed by atoms with van der Waals surface area (Å²) in [5.74, 6) is -1.03. The summed E-state index contributed by atoms with van der Waals surface area (Å²) in [6.45, 7) is 4.50. The molecule has 2 atom stereocenters. The van der Waals surface area contributed by atoms with Gasteiger partial charge < -0.3 is 21.5 Å². The van der Waals surface area contributed by atoms with E-state index in [1.54, 1.807) is 7.05 Å². The number of nitrogens with two attached hydrogens (primary N) is 1. The fraction of sp³-hybridized carbons (Fsp3) is 0.455. The van der Waals surface area contributed by atoms with E-state index in [9.17, 15) is 9.59 Å². The fourth-order valence-electron chi connectivity index (χ4n) is 2.92. The van der Waals surface area contributed by atoms with Crippen molar-refractivity contribution in [3.8, 4) is 0 Å². The van der Waals surface area contributed by atoms with Crippen molar-refractivity contribution in [2.75, 3.05) is 13.6 Å². The van der Waals surface area contributed by atoms with Crippen molar-refractivity contribution in [2.45, 2.75) is 51.6 Å². The average molecular weight is 388 g/mol. The summed E-state index contributed by atoms with van der Waals surface area (Å²) in [4.78, 5) is 23.0. The maximum Gasteiger partial charge on any atom is 0.320 e. The highest BCUT2D eigenvalue weighted by molar-refractivity contribution is 5.84. The number of aliphatic carboxylic acids is 1. The third-order valence-corrected chi connectivity index (χ3v) is 4.47. The lowest BCUT2D eigenvalue weighted by atomic mass is 10.0. The molecule has 1 amide bonds. The van der Waals surface area contributed by atoms with E-state index in [1.807, 2.05) is 44.2 Å². The lowest BCUT2D eigenvalue weighted by molar-refractivity contribution is -0.139. The van der Waals surface area contributed by atoms with Crippen LogP contribution < -0.4 is 16.4 Å². The summed E-state index contributed by atoms with van der Waals surface area (Å²) in [5.41, 5.74) is 7.05. The monoisotopic (exact) mass is 387 g/mol. The van der Waals surface area contributed by atoms with Gasteiger partial charge in [0.25, 0.3) is 0 Å². The van der Waals surface area contributed by atoms with Crippen molar-refractivity contribution in [2.24, 2.45) is 5.73 Å². The molecule has 0 aliphatic heterocycles. The topological polar surface area (TPSA) is 104 Å². The summed E-state index contributed by atoms with van der Waals surface area (Å²) in [5, 5.41) is 16.8. The summed E-state index contributed by atoms with van der Waals surface area (Å²) in [6.07, 6.45) is 2.46. The van der Waals surface area contributed by atoms with E-state index in [1.165, 1.54) is 0 Å². The molecule has 28 heavy (non-hydrogen) atoms. The Balaban J connectivity index is 0.00000190. The van der Waals surface area contributed by atoms with E-state index in [0.29, 0.717) is 19.4 Å². The van der Waals surface area contributed by atoms with Crippen LogP contribution in [0.2, 0.25) is 0 Å². The second-order valence-electron chi connectivity index (χ2n) is 6.46. The van der Waals surface area contributed by atoms with Crippen molar-refractivity contribution in [1.82, 2.24) is 10.6 Å². The van der Waals surface area contributed by atoms with E-state index < -0.39 is 18.1 Å². The second-order valence-corrected chi connectivity index (χ2v) is 6.46. The molecule has 2 aromatic rings. The molecule has 0 saturated heterocycles. The van der Waals surface area contributed by atoms with Gasteiger partial charge in [0.15, 0.2) is 0 Å². The highest BCUT2D eigenvalue weighted by Gasteiger charge is 2.15. The number of nitrogens with one attached hydrogen (secondary N) is 2. The number of unbranched alkanes of at least 4 members (excludes halogenated alkanes) is 1. The van der Waals surface area contributed by atoms with E-state index in [4.69, 9.17) is 10.8 Å². The molecule has 0 bridgehead atoms. The molecule has 0 radical (unpaired) electrons. The van der Waals surface area contributed by atoms with Gasteiger partial charge in [-0.15, -0.1) is 0 Å². The minimum atomic E-state index is -0.853. The number of hydrogen-bond donors (Lipinski definition) is 4. The Morgan fingerprint density at radius 2 is 1.75 bits per heavy atom. The zero-order valence-corrected chi connectivity index (χ0v) is 17.1. The molecule has 6 nitrogen and oxygen atoms in total. The van der Waals surface area contributed by atoms with Crippen molar-refractivity contribution in [1.29, 1.82) is 0 Å². The smallest absolute Gasteiger partial charge is 0.320 e. The van der Waals surface area contributed by atoms with Crippen LogP contribution in [0.5, 0.6) is 0 Å². The summed E-state index contributed by atoms with van der Waals surface area (Å²) in [6, 6.07) is 13.0. The molecule has 2 unspecified atom stereocenters. The van der Waals surface area contributed by atoms with Gasteiger partial charge in [0.05, 0.1) is 6.04 Å². The molecule has 2 aromatic carbocycles. The molecule has 154 valence electrons. The maximum absolute atomic E-state index is 12.1. The molecular formula is C22H33N3O3. The third kappa shape index (κ3) is 7.66. The molecule has 0 heterocycles. The average Bonchev–Trinajstić information content (AvgIpc) is 2.71. The molecule has 5 N–H and O–H groups in total. The number of hydrogen-bond acceptors (Lipinski definition) is 4. The standard InChI is InChI=1S/C20H27N3O3.C2H6/c1-22-18(20(25)26)8-4-5-11-23-19(24)17(21)13-14-9-10-15-6-2-3-7-16(15)12-14;1-2/h2-3,6-7,9-10,12,17-18,22H,4-5,8,11,13,21H2,1H3,(H,23,24)(H,25,26);1-2H3. The van der Waals surface area contributed by atoms with Gasteiger partial charge in [-0.05, 0) is 49.1 Å². The number of amides is 1. The number of fused-ring (bicyclic) bond motifs is 1. The van der Waals surface area contributed by atoms with Gasteiger partial charge in [-0.2, -0.15) is 0 Å². The van der Waals surface area contributed by atoms with Gasteiger partial charge in [-0.25, -0.2) is 0 Å². The zero-order valence-electron chi connectivity index (χ0n) is 17.1. The molecular weight excluding hydrogens is 354 g/mol. The van der Waals surface area contributed by atoms with E-state index in [2.05, 4.69) is 22.8 Å². The summed E-state index contributed by atoms with van der Waals surface area (Å²) in [7, 11) is 1.63. The molecule has 0 fully saturated rings. The molecule has 2 rings (SSSR count). The highest BCUT2D eigenvalue weighted by Crippen LogP contribution is 2.16. The van der Waals surface area contributed by atoms with Crippen LogP contribution in [0.4, 0.5) is 0 Å². The zero-order chi connectivity index (χ0) is 20.9. The molecule has 0 spiro atoms. The lowest BCUT2D eigenvalue weighted by Crippen LogP contribution is -2.42. The number of carbonyl (C=O) groups excluding carboxylic acids is 1. The number of carbonyl (C=O) groups is 2. The normalized spacial score (nSPS) is 12.6. The first-order valence-corrected chi connectivity index (χ1v) is 9.92. The van der Waals surface area contributed by atoms with Crippen LogP contribution >= 0.6 is 0 Å². The van der Waals surface area contributed by atoms with Crippen LogP contribution in [0, 0.1) is 0 Å².